The van der Waals surface area contributed by atoms with Gasteiger partial charge in [-0.15, -0.1) is 10.2 Å². The van der Waals surface area contributed by atoms with Crippen molar-refractivity contribution in [3.63, 3.8) is 0 Å². The molecule has 1 saturated heterocycles. The predicted octanol–water partition coefficient (Wildman–Crippen LogP) is 2.90. The molecular formula is C26H27FN8O3S. The second-order valence-electron chi connectivity index (χ2n) is 9.79. The molecule has 0 amide bonds. The van der Waals surface area contributed by atoms with Crippen molar-refractivity contribution in [3.8, 4) is 11.6 Å². The maximum Gasteiger partial charge on any atom is 0.264 e. The minimum atomic E-state index is -3.88. The van der Waals surface area contributed by atoms with Crippen molar-refractivity contribution in [2.75, 3.05) is 19.7 Å². The van der Waals surface area contributed by atoms with Crippen LogP contribution in [0.2, 0.25) is 0 Å². The van der Waals surface area contributed by atoms with Gasteiger partial charge in [0.05, 0.1) is 30.3 Å². The summed E-state index contributed by atoms with van der Waals surface area (Å²) in [5.41, 5.74) is 2.98. The quantitative estimate of drug-likeness (QED) is 0.328. The number of rotatable bonds is 8. The molecule has 1 unspecified atom stereocenters. The Morgan fingerprint density at radius 2 is 1.97 bits per heavy atom. The molecule has 0 saturated carbocycles. The molecule has 11 nitrogen and oxygen atoms in total. The van der Waals surface area contributed by atoms with Gasteiger partial charge in [-0.3, -0.25) is 0 Å². The molecule has 1 fully saturated rings. The fraction of sp³-hybridized carbons (Fsp3) is 0.346. The Morgan fingerprint density at radius 1 is 1.13 bits per heavy atom. The van der Waals surface area contributed by atoms with Crippen molar-refractivity contribution < 1.29 is 17.5 Å². The maximum absolute atomic E-state index is 13.6. The third kappa shape index (κ3) is 4.72. The lowest BCUT2D eigenvalue weighted by Gasteiger charge is -2.45. The van der Waals surface area contributed by atoms with E-state index in [1.165, 1.54) is 27.4 Å². The first-order valence-electron chi connectivity index (χ1n) is 12.7. The molecule has 1 aliphatic carbocycles. The van der Waals surface area contributed by atoms with Gasteiger partial charge in [-0.2, -0.15) is 24.4 Å². The Hall–Kier alpha value is -3.97. The van der Waals surface area contributed by atoms with Gasteiger partial charge in [0.15, 0.2) is 0 Å². The van der Waals surface area contributed by atoms with Crippen LogP contribution in [0.4, 0.5) is 4.39 Å². The second kappa shape index (κ2) is 9.97. The van der Waals surface area contributed by atoms with Gasteiger partial charge in [-0.25, -0.2) is 17.5 Å². The highest BCUT2D eigenvalue weighted by Crippen LogP contribution is 2.45. The summed E-state index contributed by atoms with van der Waals surface area (Å²) in [7, 11) is -3.88. The zero-order chi connectivity index (χ0) is 27.0. The van der Waals surface area contributed by atoms with E-state index in [2.05, 4.69) is 31.6 Å². The van der Waals surface area contributed by atoms with Gasteiger partial charge in [-0.1, -0.05) is 12.5 Å². The monoisotopic (exact) mass is 550 g/mol. The summed E-state index contributed by atoms with van der Waals surface area (Å²) >= 11 is 0. The van der Waals surface area contributed by atoms with Crippen LogP contribution in [0.25, 0.3) is 11.8 Å². The Kier molecular flexibility index (Phi) is 6.47. The third-order valence-corrected chi connectivity index (χ3v) is 8.88. The van der Waals surface area contributed by atoms with Gasteiger partial charge in [0.1, 0.15) is 12.4 Å². The number of sulfonamides is 1. The number of aryl methyl sites for hydroxylation is 1. The number of aromatic nitrogens is 7. The van der Waals surface area contributed by atoms with Crippen LogP contribution in [0, 0.1) is 11.2 Å². The van der Waals surface area contributed by atoms with Crippen LogP contribution >= 0.6 is 0 Å². The lowest BCUT2D eigenvalue weighted by molar-refractivity contribution is 0.121. The van der Waals surface area contributed by atoms with Gasteiger partial charge in [0, 0.05) is 30.8 Å². The molecule has 13 heteroatoms. The SMILES string of the molecule is CCCn1ncc(S(=O)(=O)N2CCC3=Cc4c(cnn4-c4ccc(F)cc4)CC3(COc3cccnn3)C2)n1. The van der Waals surface area contributed by atoms with E-state index in [4.69, 9.17) is 4.74 Å². The lowest BCUT2D eigenvalue weighted by atomic mass is 9.69. The number of fused-ring (bicyclic) bond motifs is 2. The highest BCUT2D eigenvalue weighted by atomic mass is 32.2. The molecule has 1 aliphatic heterocycles. The summed E-state index contributed by atoms with van der Waals surface area (Å²) in [5, 5.41) is 20.8. The van der Waals surface area contributed by atoms with Crippen molar-refractivity contribution in [2.45, 2.75) is 37.8 Å². The number of piperidine rings is 1. The van der Waals surface area contributed by atoms with E-state index >= 15 is 0 Å². The standard InChI is InChI=1S/C26H27FN8O3S/c1-2-11-34-29-16-25(32-34)39(36,37)33-12-9-20-13-23-19(15-30-35(23)22-7-5-21(27)6-8-22)14-26(20,17-33)18-38-24-4-3-10-28-31-24/h3-8,10,13,15-16H,2,9,11-12,14,17-18H2,1H3. The Balaban J connectivity index is 1.35. The minimum absolute atomic E-state index is 0.0611. The highest BCUT2D eigenvalue weighted by molar-refractivity contribution is 7.89. The Labute approximate surface area is 225 Å². The summed E-state index contributed by atoms with van der Waals surface area (Å²) in [6.45, 7) is 3.21. The maximum atomic E-state index is 13.6. The Morgan fingerprint density at radius 3 is 2.74 bits per heavy atom. The molecule has 4 heterocycles. The van der Waals surface area contributed by atoms with Crippen molar-refractivity contribution in [2.24, 2.45) is 5.41 Å². The molecular weight excluding hydrogens is 523 g/mol. The Bertz CT molecular complexity index is 1620. The fourth-order valence-corrected chi connectivity index (χ4v) is 6.62. The number of ether oxygens (including phenoxy) is 1. The first-order chi connectivity index (χ1) is 18.9. The van der Waals surface area contributed by atoms with E-state index in [0.29, 0.717) is 31.8 Å². The third-order valence-electron chi connectivity index (χ3n) is 7.18. The van der Waals surface area contributed by atoms with Crippen molar-refractivity contribution in [1.82, 2.24) is 39.3 Å². The molecule has 1 aromatic carbocycles. The smallest absolute Gasteiger partial charge is 0.264 e. The summed E-state index contributed by atoms with van der Waals surface area (Å²) < 4.78 is 50.2. The number of nitrogens with zero attached hydrogens (tertiary/aromatic N) is 8. The van der Waals surface area contributed by atoms with Gasteiger partial charge >= 0.3 is 0 Å². The molecule has 0 spiro atoms. The van der Waals surface area contributed by atoms with E-state index < -0.39 is 15.4 Å². The topological polar surface area (TPSA) is 121 Å². The number of hydrogen-bond acceptors (Lipinski definition) is 8. The molecule has 0 bridgehead atoms. The van der Waals surface area contributed by atoms with Gasteiger partial charge in [0.2, 0.25) is 10.9 Å². The van der Waals surface area contributed by atoms with Crippen molar-refractivity contribution >= 4 is 16.1 Å². The van der Waals surface area contributed by atoms with Crippen LogP contribution in [0.15, 0.2) is 65.6 Å². The van der Waals surface area contributed by atoms with Crippen LogP contribution in [0.1, 0.15) is 31.0 Å². The highest BCUT2D eigenvalue weighted by Gasteiger charge is 2.47. The molecule has 4 aromatic rings. The number of hydrogen-bond donors (Lipinski definition) is 0. The lowest BCUT2D eigenvalue weighted by Crippen LogP contribution is -2.52. The van der Waals surface area contributed by atoms with E-state index in [1.807, 2.05) is 6.92 Å². The number of halogens is 1. The molecule has 0 N–H and O–H groups in total. The summed E-state index contributed by atoms with van der Waals surface area (Å²) in [6, 6.07) is 9.62. The van der Waals surface area contributed by atoms with Crippen LogP contribution in [0.5, 0.6) is 5.88 Å². The van der Waals surface area contributed by atoms with E-state index in [-0.39, 0.29) is 24.0 Å². The van der Waals surface area contributed by atoms with Gasteiger partial charge < -0.3 is 4.74 Å². The zero-order valence-corrected chi connectivity index (χ0v) is 22.1. The van der Waals surface area contributed by atoms with E-state index in [9.17, 15) is 12.8 Å². The molecule has 6 rings (SSSR count). The molecule has 0 radical (unpaired) electrons. The largest absolute Gasteiger partial charge is 0.476 e. The minimum Gasteiger partial charge on any atom is -0.476 e. The molecule has 1 atom stereocenters. The van der Waals surface area contributed by atoms with Crippen LogP contribution < -0.4 is 4.74 Å². The second-order valence-corrected chi connectivity index (χ2v) is 11.7. The van der Waals surface area contributed by atoms with Crippen molar-refractivity contribution in [1.29, 1.82) is 0 Å². The van der Waals surface area contributed by atoms with Crippen molar-refractivity contribution in [3.05, 3.63) is 77.6 Å². The van der Waals surface area contributed by atoms with Crippen LogP contribution in [-0.2, 0) is 23.0 Å². The average molecular weight is 551 g/mol. The zero-order valence-electron chi connectivity index (χ0n) is 21.3. The average Bonchev–Trinajstić information content (AvgIpc) is 3.59. The van der Waals surface area contributed by atoms with Crippen LogP contribution in [-0.4, -0.2) is 67.4 Å². The summed E-state index contributed by atoms with van der Waals surface area (Å²) in [6.07, 6.45) is 8.52. The first-order valence-corrected chi connectivity index (χ1v) is 14.2. The summed E-state index contributed by atoms with van der Waals surface area (Å²) in [4.78, 5) is 1.41. The molecule has 202 valence electrons. The fourth-order valence-electron chi connectivity index (χ4n) is 5.23. The molecule has 3 aromatic heterocycles. The van der Waals surface area contributed by atoms with E-state index in [0.717, 1.165) is 28.9 Å². The first kappa shape index (κ1) is 25.3. The van der Waals surface area contributed by atoms with Crippen LogP contribution in [0.3, 0.4) is 0 Å². The van der Waals surface area contributed by atoms with Gasteiger partial charge in [-0.05, 0) is 61.2 Å². The predicted molar refractivity (Wildman–Crippen MR) is 139 cm³/mol. The molecule has 2 aliphatic rings. The number of benzene rings is 1. The summed E-state index contributed by atoms with van der Waals surface area (Å²) in [5.74, 6) is 0.0446. The van der Waals surface area contributed by atoms with Gasteiger partial charge in [0.25, 0.3) is 10.0 Å². The molecule has 39 heavy (non-hydrogen) atoms. The van der Waals surface area contributed by atoms with E-state index in [1.54, 1.807) is 41.3 Å². The normalized spacial score (nSPS) is 19.3.